The Balaban J connectivity index is 2.06. The van der Waals surface area contributed by atoms with Gasteiger partial charge in [0.05, 0.1) is 19.6 Å². The number of rotatable bonds is 7. The number of hydrogen-bond acceptors (Lipinski definition) is 2. The van der Waals surface area contributed by atoms with Gasteiger partial charge in [-0.2, -0.15) is 0 Å². The average molecular weight is 329 g/mol. The molecule has 0 aliphatic carbocycles. The van der Waals surface area contributed by atoms with Gasteiger partial charge in [-0.15, -0.1) is 0 Å². The third kappa shape index (κ3) is 5.37. The maximum absolute atomic E-state index is 13.0. The molecule has 0 aromatic heterocycles. The van der Waals surface area contributed by atoms with E-state index in [0.717, 1.165) is 23.3 Å². The normalized spacial score (nSPS) is 12.0. The van der Waals surface area contributed by atoms with Crippen molar-refractivity contribution >= 4 is 5.91 Å². The molecule has 0 saturated carbocycles. The summed E-state index contributed by atoms with van der Waals surface area (Å²) in [4.78, 5) is 12.4. The molecule has 1 unspecified atom stereocenters. The maximum atomic E-state index is 13.0. The Morgan fingerprint density at radius 2 is 1.71 bits per heavy atom. The molecule has 0 heterocycles. The van der Waals surface area contributed by atoms with Crippen molar-refractivity contribution < 1.29 is 13.9 Å². The number of carbonyl (C=O) groups is 1. The molecule has 0 spiro atoms. The first-order valence-electron chi connectivity index (χ1n) is 8.15. The lowest BCUT2D eigenvalue weighted by Gasteiger charge is -2.21. The number of methoxy groups -OCH3 is 1. The Kier molecular flexibility index (Phi) is 6.36. The number of benzene rings is 2. The van der Waals surface area contributed by atoms with Crippen molar-refractivity contribution in [1.82, 2.24) is 5.32 Å². The fourth-order valence-electron chi connectivity index (χ4n) is 2.62. The minimum atomic E-state index is -0.296. The quantitative estimate of drug-likeness (QED) is 0.823. The monoisotopic (exact) mass is 329 g/mol. The predicted molar refractivity (Wildman–Crippen MR) is 93.4 cm³/mol. The van der Waals surface area contributed by atoms with Gasteiger partial charge >= 0.3 is 0 Å². The van der Waals surface area contributed by atoms with E-state index >= 15 is 0 Å². The lowest BCUT2D eigenvalue weighted by atomic mass is 9.96. The number of amides is 1. The highest BCUT2D eigenvalue weighted by atomic mass is 19.1. The van der Waals surface area contributed by atoms with Crippen LogP contribution in [0, 0.1) is 11.7 Å². The summed E-state index contributed by atoms with van der Waals surface area (Å²) in [6, 6.07) is 13.7. The summed E-state index contributed by atoms with van der Waals surface area (Å²) in [7, 11) is 1.63. The van der Waals surface area contributed by atoms with Crippen molar-refractivity contribution in [1.29, 1.82) is 0 Å². The number of halogens is 1. The van der Waals surface area contributed by atoms with Crippen LogP contribution in [0.15, 0.2) is 48.5 Å². The molecule has 0 saturated heterocycles. The largest absolute Gasteiger partial charge is 0.497 e. The van der Waals surface area contributed by atoms with Crippen LogP contribution in [0.3, 0.4) is 0 Å². The van der Waals surface area contributed by atoms with E-state index in [1.165, 1.54) is 12.1 Å². The average Bonchev–Trinajstić information content (AvgIpc) is 2.56. The van der Waals surface area contributed by atoms with E-state index in [2.05, 4.69) is 19.2 Å². The fourth-order valence-corrected chi connectivity index (χ4v) is 2.62. The minimum Gasteiger partial charge on any atom is -0.497 e. The van der Waals surface area contributed by atoms with Crippen LogP contribution in [0.5, 0.6) is 5.75 Å². The van der Waals surface area contributed by atoms with E-state index in [9.17, 15) is 9.18 Å². The first kappa shape index (κ1) is 18.0. The standard InChI is InChI=1S/C20H24FNO2/c1-14(2)12-19(16-6-10-18(24-3)11-7-16)22-20(23)13-15-4-8-17(21)9-5-15/h4-11,14,19H,12-13H2,1-3H3,(H,22,23). The van der Waals surface area contributed by atoms with Crippen LogP contribution >= 0.6 is 0 Å². The summed E-state index contributed by atoms with van der Waals surface area (Å²) < 4.78 is 18.1. The minimum absolute atomic E-state index is 0.0520. The van der Waals surface area contributed by atoms with E-state index in [1.807, 2.05) is 24.3 Å². The van der Waals surface area contributed by atoms with Gasteiger partial charge in [-0.25, -0.2) is 4.39 Å². The van der Waals surface area contributed by atoms with Gasteiger partial charge in [0.15, 0.2) is 0 Å². The summed E-state index contributed by atoms with van der Waals surface area (Å²) in [6.07, 6.45) is 1.09. The van der Waals surface area contributed by atoms with E-state index < -0.39 is 0 Å². The molecular formula is C20H24FNO2. The van der Waals surface area contributed by atoms with E-state index in [4.69, 9.17) is 4.74 Å². The van der Waals surface area contributed by atoms with Gasteiger partial charge in [-0.1, -0.05) is 38.1 Å². The Morgan fingerprint density at radius 3 is 2.25 bits per heavy atom. The van der Waals surface area contributed by atoms with Gasteiger partial charge in [0, 0.05) is 0 Å². The van der Waals surface area contributed by atoms with E-state index in [0.29, 0.717) is 5.92 Å². The zero-order valence-electron chi connectivity index (χ0n) is 14.4. The highest BCUT2D eigenvalue weighted by Crippen LogP contribution is 2.23. The molecule has 2 aromatic carbocycles. The molecule has 1 atom stereocenters. The molecule has 3 nitrogen and oxygen atoms in total. The van der Waals surface area contributed by atoms with Crippen LogP contribution in [0.25, 0.3) is 0 Å². The van der Waals surface area contributed by atoms with Crippen molar-refractivity contribution in [3.8, 4) is 5.75 Å². The molecule has 1 amide bonds. The second-order valence-electron chi connectivity index (χ2n) is 6.33. The summed E-state index contributed by atoms with van der Waals surface area (Å²) >= 11 is 0. The molecule has 2 rings (SSSR count). The lowest BCUT2D eigenvalue weighted by molar-refractivity contribution is -0.121. The summed E-state index contributed by atoms with van der Waals surface area (Å²) in [5, 5.41) is 3.09. The van der Waals surface area contributed by atoms with Gasteiger partial charge < -0.3 is 10.1 Å². The number of nitrogens with one attached hydrogen (secondary N) is 1. The second-order valence-corrected chi connectivity index (χ2v) is 6.33. The molecule has 0 radical (unpaired) electrons. The summed E-state index contributed by atoms with van der Waals surface area (Å²) in [5.74, 6) is 0.876. The molecule has 24 heavy (non-hydrogen) atoms. The van der Waals surface area contributed by atoms with E-state index in [-0.39, 0.29) is 24.2 Å². The van der Waals surface area contributed by atoms with Crippen LogP contribution in [-0.2, 0) is 11.2 Å². The molecule has 128 valence electrons. The smallest absolute Gasteiger partial charge is 0.224 e. The van der Waals surface area contributed by atoms with Crippen molar-refractivity contribution in [3.05, 3.63) is 65.5 Å². The summed E-state index contributed by atoms with van der Waals surface area (Å²) in [6.45, 7) is 4.26. The third-order valence-electron chi connectivity index (χ3n) is 3.84. The number of ether oxygens (including phenoxy) is 1. The Morgan fingerprint density at radius 1 is 1.08 bits per heavy atom. The van der Waals surface area contributed by atoms with Crippen molar-refractivity contribution in [2.75, 3.05) is 7.11 Å². The first-order chi connectivity index (χ1) is 11.5. The zero-order chi connectivity index (χ0) is 17.5. The molecular weight excluding hydrogens is 305 g/mol. The van der Waals surface area contributed by atoms with Crippen LogP contribution in [0.1, 0.15) is 37.4 Å². The number of hydrogen-bond donors (Lipinski definition) is 1. The van der Waals surface area contributed by atoms with Crippen LogP contribution in [0.4, 0.5) is 4.39 Å². The van der Waals surface area contributed by atoms with Crippen molar-refractivity contribution in [3.63, 3.8) is 0 Å². The van der Waals surface area contributed by atoms with Crippen molar-refractivity contribution in [2.24, 2.45) is 5.92 Å². The van der Waals surface area contributed by atoms with Gasteiger partial charge in [0.25, 0.3) is 0 Å². The van der Waals surface area contributed by atoms with Crippen molar-refractivity contribution in [2.45, 2.75) is 32.7 Å². The zero-order valence-corrected chi connectivity index (χ0v) is 14.4. The first-order valence-corrected chi connectivity index (χ1v) is 8.15. The maximum Gasteiger partial charge on any atom is 0.224 e. The fraction of sp³-hybridized carbons (Fsp3) is 0.350. The Labute approximate surface area is 142 Å². The summed E-state index contributed by atoms with van der Waals surface area (Å²) in [5.41, 5.74) is 1.85. The predicted octanol–water partition coefficient (Wildman–Crippen LogP) is 4.28. The molecule has 0 aliphatic rings. The van der Waals surface area contributed by atoms with Gasteiger partial charge in [0.1, 0.15) is 11.6 Å². The number of carbonyl (C=O) groups excluding carboxylic acids is 1. The third-order valence-corrected chi connectivity index (χ3v) is 3.84. The molecule has 4 heteroatoms. The van der Waals surface area contributed by atoms with Crippen LogP contribution in [-0.4, -0.2) is 13.0 Å². The Hall–Kier alpha value is -2.36. The highest BCUT2D eigenvalue weighted by Gasteiger charge is 2.16. The highest BCUT2D eigenvalue weighted by molar-refractivity contribution is 5.79. The molecule has 0 fully saturated rings. The molecule has 0 aliphatic heterocycles. The van der Waals surface area contributed by atoms with Gasteiger partial charge in [0.2, 0.25) is 5.91 Å². The van der Waals surface area contributed by atoms with E-state index in [1.54, 1.807) is 19.2 Å². The molecule has 2 aromatic rings. The van der Waals surface area contributed by atoms with Gasteiger partial charge in [-0.05, 0) is 47.7 Å². The van der Waals surface area contributed by atoms with Crippen LogP contribution in [0.2, 0.25) is 0 Å². The lowest BCUT2D eigenvalue weighted by Crippen LogP contribution is -2.30. The second kappa shape index (κ2) is 8.48. The molecule has 0 bridgehead atoms. The SMILES string of the molecule is COc1ccc(C(CC(C)C)NC(=O)Cc2ccc(F)cc2)cc1. The molecule has 1 N–H and O–H groups in total. The van der Waals surface area contributed by atoms with Crippen LogP contribution < -0.4 is 10.1 Å². The van der Waals surface area contributed by atoms with Gasteiger partial charge in [-0.3, -0.25) is 4.79 Å². The Bertz CT molecular complexity index is 650. The topological polar surface area (TPSA) is 38.3 Å².